The third kappa shape index (κ3) is 3.92. The van der Waals surface area contributed by atoms with E-state index in [0.29, 0.717) is 22.6 Å². The largest absolute Gasteiger partial charge is 0.495 e. The van der Waals surface area contributed by atoms with Crippen molar-refractivity contribution in [2.24, 2.45) is 0 Å². The van der Waals surface area contributed by atoms with Crippen molar-refractivity contribution in [3.05, 3.63) is 89.6 Å². The predicted octanol–water partition coefficient (Wildman–Crippen LogP) is 5.00. The molecular weight excluding hydrogens is 426 g/mol. The summed E-state index contributed by atoms with van der Waals surface area (Å²) in [7, 11) is 1.53. The zero-order valence-corrected chi connectivity index (χ0v) is 19.4. The molecule has 34 heavy (non-hydrogen) atoms. The third-order valence-corrected chi connectivity index (χ3v) is 6.36. The van der Waals surface area contributed by atoms with Gasteiger partial charge in [0.25, 0.3) is 11.8 Å². The molecule has 2 amide bonds. The molecule has 3 aromatic rings. The Kier molecular flexibility index (Phi) is 5.80. The Morgan fingerprint density at radius 1 is 0.824 bits per heavy atom. The molecule has 5 rings (SSSR count). The van der Waals surface area contributed by atoms with Gasteiger partial charge >= 0.3 is 0 Å². The van der Waals surface area contributed by atoms with E-state index in [4.69, 9.17) is 4.74 Å². The fourth-order valence-electron chi connectivity index (χ4n) is 4.54. The van der Waals surface area contributed by atoms with Crippen LogP contribution in [0.25, 0.3) is 5.57 Å². The highest BCUT2D eigenvalue weighted by Crippen LogP contribution is 2.38. The van der Waals surface area contributed by atoms with Gasteiger partial charge in [-0.15, -0.1) is 0 Å². The number of para-hydroxylation sites is 2. The van der Waals surface area contributed by atoms with Gasteiger partial charge in [-0.3, -0.25) is 9.59 Å². The van der Waals surface area contributed by atoms with Gasteiger partial charge in [0.2, 0.25) is 0 Å². The third-order valence-electron chi connectivity index (χ3n) is 6.36. The highest BCUT2D eigenvalue weighted by molar-refractivity contribution is 6.46. The summed E-state index contributed by atoms with van der Waals surface area (Å²) in [5.74, 6) is -0.327. The van der Waals surface area contributed by atoms with Crippen LogP contribution in [0.5, 0.6) is 5.75 Å². The average molecular weight is 454 g/mol. The second-order valence-electron chi connectivity index (χ2n) is 8.60. The number of ether oxygens (including phenoxy) is 1. The Morgan fingerprint density at radius 3 is 2.18 bits per heavy atom. The Bertz CT molecular complexity index is 1260. The molecule has 0 unspecified atom stereocenters. The molecule has 0 atom stereocenters. The molecule has 0 bridgehead atoms. The van der Waals surface area contributed by atoms with E-state index in [0.717, 1.165) is 24.3 Å². The lowest BCUT2D eigenvalue weighted by Gasteiger charge is -2.19. The molecule has 0 aromatic heterocycles. The minimum atomic E-state index is -0.409. The summed E-state index contributed by atoms with van der Waals surface area (Å²) in [6, 6.07) is 22.7. The molecular formula is C28H27N3O3. The Labute approximate surface area is 199 Å². The first kappa shape index (κ1) is 21.8. The Hall–Kier alpha value is -4.06. The standard InChI is InChI=1S/C28H27N3O3/c1-19-9-11-20(12-10-19)25-26(29-21-13-15-22(16-14-21)30-17-5-6-18-30)28(33)31(27(25)32)23-7-3-4-8-24(23)34-2/h3-4,7-16,29H,5-6,17-18H2,1-2H3. The van der Waals surface area contributed by atoms with Crippen LogP contribution in [0, 0.1) is 6.92 Å². The number of amides is 2. The Balaban J connectivity index is 1.53. The predicted molar refractivity (Wildman–Crippen MR) is 135 cm³/mol. The number of hydrogen-bond acceptors (Lipinski definition) is 5. The molecule has 0 aliphatic carbocycles. The van der Waals surface area contributed by atoms with Crippen molar-refractivity contribution in [3.63, 3.8) is 0 Å². The zero-order valence-electron chi connectivity index (χ0n) is 19.4. The number of nitrogens with one attached hydrogen (secondary N) is 1. The lowest BCUT2D eigenvalue weighted by molar-refractivity contribution is -0.120. The van der Waals surface area contributed by atoms with E-state index in [9.17, 15) is 9.59 Å². The smallest absolute Gasteiger partial charge is 0.282 e. The summed E-state index contributed by atoms with van der Waals surface area (Å²) < 4.78 is 5.44. The molecule has 3 aromatic carbocycles. The van der Waals surface area contributed by atoms with Crippen molar-refractivity contribution >= 4 is 34.4 Å². The van der Waals surface area contributed by atoms with Gasteiger partial charge in [0.15, 0.2) is 0 Å². The van der Waals surface area contributed by atoms with Crippen molar-refractivity contribution in [1.82, 2.24) is 0 Å². The van der Waals surface area contributed by atoms with Gasteiger partial charge in [-0.05, 0) is 61.7 Å². The normalized spacial score (nSPS) is 15.9. The van der Waals surface area contributed by atoms with Crippen molar-refractivity contribution in [3.8, 4) is 5.75 Å². The zero-order chi connectivity index (χ0) is 23.7. The van der Waals surface area contributed by atoms with Crippen molar-refractivity contribution < 1.29 is 14.3 Å². The van der Waals surface area contributed by atoms with Crippen LogP contribution in [-0.2, 0) is 9.59 Å². The van der Waals surface area contributed by atoms with Crippen LogP contribution in [0.15, 0.2) is 78.5 Å². The number of imide groups is 1. The van der Waals surface area contributed by atoms with Crippen LogP contribution in [0.2, 0.25) is 0 Å². The first-order valence-corrected chi connectivity index (χ1v) is 11.5. The van der Waals surface area contributed by atoms with Crippen molar-refractivity contribution in [2.75, 3.05) is 35.3 Å². The molecule has 0 spiro atoms. The number of anilines is 3. The van der Waals surface area contributed by atoms with E-state index in [-0.39, 0.29) is 11.6 Å². The van der Waals surface area contributed by atoms with E-state index < -0.39 is 5.91 Å². The minimum Gasteiger partial charge on any atom is -0.495 e. The highest BCUT2D eigenvalue weighted by atomic mass is 16.5. The molecule has 6 nitrogen and oxygen atoms in total. The monoisotopic (exact) mass is 453 g/mol. The number of carbonyl (C=O) groups excluding carboxylic acids is 2. The summed E-state index contributed by atoms with van der Waals surface area (Å²) in [5.41, 5.74) is 4.72. The van der Waals surface area contributed by atoms with E-state index in [1.165, 1.54) is 30.5 Å². The molecule has 1 N–H and O–H groups in total. The number of methoxy groups -OCH3 is 1. The second kappa shape index (κ2) is 9.06. The fraction of sp³-hybridized carbons (Fsp3) is 0.214. The van der Waals surface area contributed by atoms with E-state index in [1.54, 1.807) is 18.2 Å². The van der Waals surface area contributed by atoms with Gasteiger partial charge in [0, 0.05) is 24.5 Å². The maximum Gasteiger partial charge on any atom is 0.282 e. The minimum absolute atomic E-state index is 0.258. The number of nitrogens with zero attached hydrogens (tertiary/aromatic N) is 2. The summed E-state index contributed by atoms with van der Waals surface area (Å²) >= 11 is 0. The lowest BCUT2D eigenvalue weighted by atomic mass is 10.0. The summed E-state index contributed by atoms with van der Waals surface area (Å²) in [5, 5.41) is 3.25. The summed E-state index contributed by atoms with van der Waals surface area (Å²) in [4.78, 5) is 30.8. The van der Waals surface area contributed by atoms with Crippen LogP contribution in [0.3, 0.4) is 0 Å². The quantitative estimate of drug-likeness (QED) is 0.532. The van der Waals surface area contributed by atoms with Crippen LogP contribution in [0.4, 0.5) is 17.1 Å². The number of carbonyl (C=O) groups is 2. The van der Waals surface area contributed by atoms with Crippen molar-refractivity contribution in [2.45, 2.75) is 19.8 Å². The molecule has 0 saturated carbocycles. The number of rotatable bonds is 6. The molecule has 1 fully saturated rings. The van der Waals surface area contributed by atoms with Crippen LogP contribution in [0.1, 0.15) is 24.0 Å². The summed E-state index contributed by atoms with van der Waals surface area (Å²) in [6.07, 6.45) is 2.42. The first-order chi connectivity index (χ1) is 16.6. The van der Waals surface area contributed by atoms with Gasteiger partial charge in [-0.1, -0.05) is 42.0 Å². The van der Waals surface area contributed by atoms with Gasteiger partial charge in [-0.25, -0.2) is 4.90 Å². The molecule has 6 heteroatoms. The highest BCUT2D eigenvalue weighted by Gasteiger charge is 2.41. The molecule has 172 valence electrons. The van der Waals surface area contributed by atoms with Gasteiger partial charge < -0.3 is 15.0 Å². The van der Waals surface area contributed by atoms with Crippen LogP contribution < -0.4 is 19.9 Å². The average Bonchev–Trinajstić information content (AvgIpc) is 3.48. The molecule has 2 aliphatic heterocycles. The van der Waals surface area contributed by atoms with Crippen LogP contribution >= 0.6 is 0 Å². The van der Waals surface area contributed by atoms with Gasteiger partial charge in [0.05, 0.1) is 18.4 Å². The molecule has 2 aliphatic rings. The number of aryl methyl sites for hydroxylation is 1. The number of benzene rings is 3. The van der Waals surface area contributed by atoms with E-state index >= 15 is 0 Å². The van der Waals surface area contributed by atoms with Crippen LogP contribution in [-0.4, -0.2) is 32.0 Å². The lowest BCUT2D eigenvalue weighted by Crippen LogP contribution is -2.32. The van der Waals surface area contributed by atoms with Crippen molar-refractivity contribution in [1.29, 1.82) is 0 Å². The fourth-order valence-corrected chi connectivity index (χ4v) is 4.54. The maximum absolute atomic E-state index is 13.6. The first-order valence-electron chi connectivity index (χ1n) is 11.5. The SMILES string of the molecule is COc1ccccc1N1C(=O)C(Nc2ccc(N3CCCC3)cc2)=C(c2ccc(C)cc2)C1=O. The van der Waals surface area contributed by atoms with Gasteiger partial charge in [-0.2, -0.15) is 0 Å². The molecule has 2 heterocycles. The maximum atomic E-state index is 13.6. The van der Waals surface area contributed by atoms with Gasteiger partial charge in [0.1, 0.15) is 11.4 Å². The van der Waals surface area contributed by atoms with E-state index in [1.807, 2.05) is 49.4 Å². The van der Waals surface area contributed by atoms with E-state index in [2.05, 4.69) is 22.3 Å². The Morgan fingerprint density at radius 2 is 1.50 bits per heavy atom. The topological polar surface area (TPSA) is 61.9 Å². The molecule has 1 saturated heterocycles. The molecule has 0 radical (unpaired) electrons. The second-order valence-corrected chi connectivity index (χ2v) is 8.60. The summed E-state index contributed by atoms with van der Waals surface area (Å²) in [6.45, 7) is 4.12. The number of hydrogen-bond donors (Lipinski definition) is 1.